The van der Waals surface area contributed by atoms with E-state index in [-0.39, 0.29) is 36.0 Å². The second kappa shape index (κ2) is 19.6. The molecule has 0 aliphatic carbocycles. The van der Waals surface area contributed by atoms with Gasteiger partial charge in [0.15, 0.2) is 0 Å². The predicted molar refractivity (Wildman–Crippen MR) is 141 cm³/mol. The zero-order valence-electron chi connectivity index (χ0n) is 23.0. The van der Waals surface area contributed by atoms with Crippen molar-refractivity contribution in [3.8, 4) is 0 Å². The first-order valence-corrected chi connectivity index (χ1v) is 14.6. The predicted octanol–water partition coefficient (Wildman–Crippen LogP) is 6.88. The summed E-state index contributed by atoms with van der Waals surface area (Å²) in [6.07, 6.45) is 18.7. The molecule has 6 nitrogen and oxygen atoms in total. The molecular formula is C29H53NO5. The molecule has 1 aliphatic heterocycles. The lowest BCUT2D eigenvalue weighted by Gasteiger charge is -2.37. The van der Waals surface area contributed by atoms with Crippen LogP contribution in [0.15, 0.2) is 0 Å². The van der Waals surface area contributed by atoms with E-state index in [0.29, 0.717) is 12.8 Å². The van der Waals surface area contributed by atoms with Crippen LogP contribution in [0.2, 0.25) is 0 Å². The summed E-state index contributed by atoms with van der Waals surface area (Å²) in [4.78, 5) is 36.1. The highest BCUT2D eigenvalue weighted by atomic mass is 16.6. The highest BCUT2D eigenvalue weighted by Gasteiger charge is 2.43. The van der Waals surface area contributed by atoms with Crippen LogP contribution >= 0.6 is 0 Å². The van der Waals surface area contributed by atoms with Crippen LogP contribution in [0.1, 0.15) is 137 Å². The van der Waals surface area contributed by atoms with Gasteiger partial charge in [0.1, 0.15) is 18.2 Å². The Balaban J connectivity index is 2.60. The zero-order chi connectivity index (χ0) is 25.9. The second-order valence-electron chi connectivity index (χ2n) is 10.5. The molecule has 0 aromatic carbocycles. The van der Waals surface area contributed by atoms with Crippen molar-refractivity contribution < 1.29 is 23.9 Å². The number of hydrogen-bond acceptors (Lipinski definition) is 5. The Labute approximate surface area is 214 Å². The highest BCUT2D eigenvalue weighted by molar-refractivity contribution is 5.79. The molecule has 1 amide bonds. The van der Waals surface area contributed by atoms with E-state index in [2.05, 4.69) is 19.2 Å². The topological polar surface area (TPSA) is 81.7 Å². The van der Waals surface area contributed by atoms with Crippen LogP contribution in [-0.4, -0.2) is 36.6 Å². The Hall–Kier alpha value is -1.59. The molecule has 1 rings (SSSR count). The van der Waals surface area contributed by atoms with E-state index < -0.39 is 6.04 Å². The van der Waals surface area contributed by atoms with E-state index in [1.165, 1.54) is 57.8 Å². The van der Waals surface area contributed by atoms with E-state index in [0.717, 1.165) is 44.9 Å². The van der Waals surface area contributed by atoms with Gasteiger partial charge in [0.25, 0.3) is 0 Å². The maximum Gasteiger partial charge on any atom is 0.329 e. The zero-order valence-corrected chi connectivity index (χ0v) is 23.0. The quantitative estimate of drug-likeness (QED) is 0.0949. The minimum Gasteiger partial charge on any atom is -0.461 e. The van der Waals surface area contributed by atoms with Gasteiger partial charge in [-0.15, -0.1) is 0 Å². The maximum atomic E-state index is 12.9. The number of ether oxygens (including phenoxy) is 2. The fourth-order valence-electron chi connectivity index (χ4n) is 4.88. The summed E-state index contributed by atoms with van der Waals surface area (Å²) < 4.78 is 11.4. The normalized spacial score (nSPS) is 19.8. The van der Waals surface area contributed by atoms with Gasteiger partial charge in [-0.2, -0.15) is 0 Å². The summed E-state index contributed by atoms with van der Waals surface area (Å²) in [5.41, 5.74) is 0. The molecule has 204 valence electrons. The molecular weight excluding hydrogens is 442 g/mol. The lowest BCUT2D eigenvalue weighted by atomic mass is 9.86. The molecule has 0 aromatic rings. The van der Waals surface area contributed by atoms with Crippen molar-refractivity contribution in [2.45, 2.75) is 155 Å². The van der Waals surface area contributed by atoms with E-state index in [9.17, 15) is 14.4 Å². The number of esters is 2. The summed E-state index contributed by atoms with van der Waals surface area (Å²) in [6, 6.07) is -0.642. The van der Waals surface area contributed by atoms with Gasteiger partial charge in [-0.1, -0.05) is 111 Å². The number of carbonyl (C=O) groups excluding carboxylic acids is 3. The summed E-state index contributed by atoms with van der Waals surface area (Å²) in [5, 5.41) is 2.64. The minimum atomic E-state index is -0.642. The van der Waals surface area contributed by atoms with E-state index >= 15 is 0 Å². The first-order valence-electron chi connectivity index (χ1n) is 14.6. The average Bonchev–Trinajstić information content (AvgIpc) is 2.85. The van der Waals surface area contributed by atoms with Gasteiger partial charge in [-0.25, -0.2) is 4.79 Å². The third-order valence-electron chi connectivity index (χ3n) is 7.51. The third kappa shape index (κ3) is 12.8. The van der Waals surface area contributed by atoms with E-state index in [4.69, 9.17) is 9.47 Å². The number of rotatable bonds is 23. The monoisotopic (exact) mass is 495 g/mol. The first kappa shape index (κ1) is 31.4. The fourth-order valence-corrected chi connectivity index (χ4v) is 4.88. The van der Waals surface area contributed by atoms with Crippen molar-refractivity contribution in [1.82, 2.24) is 5.32 Å². The van der Waals surface area contributed by atoms with Gasteiger partial charge in [0.05, 0.1) is 5.92 Å². The molecule has 0 unspecified atom stereocenters. The van der Waals surface area contributed by atoms with Crippen LogP contribution in [0.3, 0.4) is 0 Å². The molecule has 1 fully saturated rings. The van der Waals surface area contributed by atoms with Gasteiger partial charge in [0.2, 0.25) is 6.41 Å². The van der Waals surface area contributed by atoms with Crippen molar-refractivity contribution in [3.05, 3.63) is 0 Å². The molecule has 1 heterocycles. The Morgan fingerprint density at radius 1 is 0.943 bits per heavy atom. The third-order valence-corrected chi connectivity index (χ3v) is 7.51. The molecule has 0 aromatic heterocycles. The number of nitrogens with one attached hydrogen (secondary N) is 1. The largest absolute Gasteiger partial charge is 0.461 e. The number of unbranched alkanes of at least 4 members (excludes halogenated alkanes) is 11. The van der Waals surface area contributed by atoms with Crippen molar-refractivity contribution in [1.29, 1.82) is 0 Å². The number of amides is 1. The van der Waals surface area contributed by atoms with Crippen molar-refractivity contribution in [3.63, 3.8) is 0 Å². The van der Waals surface area contributed by atoms with Crippen molar-refractivity contribution >= 4 is 18.3 Å². The summed E-state index contributed by atoms with van der Waals surface area (Å²) >= 11 is 0. The van der Waals surface area contributed by atoms with Crippen LogP contribution in [-0.2, 0) is 23.9 Å². The number of hydrogen-bond donors (Lipinski definition) is 1. The fraction of sp³-hybridized carbons (Fsp3) is 0.897. The minimum absolute atomic E-state index is 0.00565. The van der Waals surface area contributed by atoms with E-state index in [1.807, 2.05) is 13.8 Å². The smallest absolute Gasteiger partial charge is 0.329 e. The van der Waals surface area contributed by atoms with Gasteiger partial charge < -0.3 is 14.8 Å². The Morgan fingerprint density at radius 3 is 2.06 bits per heavy atom. The molecule has 1 N–H and O–H groups in total. The van der Waals surface area contributed by atoms with Crippen LogP contribution in [0.5, 0.6) is 0 Å². The molecule has 1 saturated heterocycles. The second-order valence-corrected chi connectivity index (χ2v) is 10.5. The molecule has 1 aliphatic rings. The number of carbonyl (C=O) groups is 3. The van der Waals surface area contributed by atoms with Crippen LogP contribution in [0, 0.1) is 11.8 Å². The molecule has 35 heavy (non-hydrogen) atoms. The Bertz CT molecular complexity index is 581. The molecule has 0 spiro atoms. The first-order chi connectivity index (χ1) is 17.0. The SMILES string of the molecule is CCCCCCCCCCC[C@@H](C[C@@H]1OC(=O)[C@H]1CCCCCC)OC(=O)[C@H](NC=O)[C@@H](C)CC. The molecule has 6 heteroatoms. The molecule has 0 bridgehead atoms. The Morgan fingerprint density at radius 2 is 1.51 bits per heavy atom. The van der Waals surface area contributed by atoms with Gasteiger partial charge in [-0.05, 0) is 25.2 Å². The lowest BCUT2D eigenvalue weighted by molar-refractivity contribution is -0.190. The molecule has 5 atom stereocenters. The summed E-state index contributed by atoms with van der Waals surface area (Å²) in [7, 11) is 0. The van der Waals surface area contributed by atoms with Gasteiger partial charge in [-0.3, -0.25) is 9.59 Å². The maximum absolute atomic E-state index is 12.9. The molecule has 0 radical (unpaired) electrons. The Kier molecular flexibility index (Phi) is 17.6. The van der Waals surface area contributed by atoms with Gasteiger partial charge >= 0.3 is 11.9 Å². The van der Waals surface area contributed by atoms with Crippen LogP contribution in [0.4, 0.5) is 0 Å². The van der Waals surface area contributed by atoms with Crippen molar-refractivity contribution in [2.24, 2.45) is 11.8 Å². The highest BCUT2D eigenvalue weighted by Crippen LogP contribution is 2.33. The van der Waals surface area contributed by atoms with Crippen LogP contribution in [0.25, 0.3) is 0 Å². The summed E-state index contributed by atoms with van der Waals surface area (Å²) in [5.74, 6) is -0.569. The van der Waals surface area contributed by atoms with Gasteiger partial charge in [0, 0.05) is 6.42 Å². The standard InChI is InChI=1S/C29H53NO5/c1-5-8-10-12-13-14-15-16-17-19-24(34-29(33)27(30-22-31)23(4)7-3)21-26-25(28(32)35-26)20-18-11-9-6-2/h22-27H,5-21H2,1-4H3,(H,30,31)/t23-,24-,25-,26-,27+/m0/s1. The average molecular weight is 496 g/mol. The lowest BCUT2D eigenvalue weighted by Crippen LogP contribution is -2.48. The van der Waals surface area contributed by atoms with E-state index in [1.54, 1.807) is 0 Å². The van der Waals surface area contributed by atoms with Crippen LogP contribution < -0.4 is 5.32 Å². The van der Waals surface area contributed by atoms with Crippen molar-refractivity contribution in [2.75, 3.05) is 0 Å². The number of cyclic esters (lactones) is 1. The summed E-state index contributed by atoms with van der Waals surface area (Å²) in [6.45, 7) is 8.35. The molecule has 0 saturated carbocycles.